The molecular weight excluding hydrogens is 350 g/mol. The number of hydrogen-bond acceptors (Lipinski definition) is 5. The third-order valence-electron chi connectivity index (χ3n) is 5.03. The Kier molecular flexibility index (Phi) is 4.39. The molecule has 1 aliphatic heterocycles. The van der Waals surface area contributed by atoms with Gasteiger partial charge in [0.25, 0.3) is 5.91 Å². The van der Waals surface area contributed by atoms with Crippen LogP contribution in [-0.4, -0.2) is 29.5 Å². The smallest absolute Gasteiger partial charge is 0.317 e. The summed E-state index contributed by atoms with van der Waals surface area (Å²) in [7, 11) is 0. The minimum Gasteiger partial charge on any atom is -0.365 e. The number of hydrogen-bond donors (Lipinski definition) is 4. The van der Waals surface area contributed by atoms with Gasteiger partial charge in [-0.05, 0) is 24.0 Å². The number of urea groups is 1. The lowest BCUT2D eigenvalue weighted by Crippen LogP contribution is -2.36. The van der Waals surface area contributed by atoms with E-state index in [0.29, 0.717) is 16.6 Å². The second-order valence-electron chi connectivity index (χ2n) is 6.75. The van der Waals surface area contributed by atoms with E-state index >= 15 is 0 Å². The van der Waals surface area contributed by atoms with Crippen molar-refractivity contribution in [3.63, 3.8) is 0 Å². The molecule has 2 unspecified atom stereocenters. The van der Waals surface area contributed by atoms with Crippen molar-refractivity contribution < 1.29 is 9.59 Å². The molecule has 4 rings (SSSR count). The summed E-state index contributed by atoms with van der Waals surface area (Å²) >= 11 is 1.42. The van der Waals surface area contributed by atoms with Crippen molar-refractivity contribution >= 4 is 28.3 Å². The highest BCUT2D eigenvalue weighted by Crippen LogP contribution is 2.45. The standard InChI is InChI=1S/C18H21N5O2S/c19-16(24)14-11-6-7-13-12(15(11)26-17(14)21-18(20)25)9-23(22-13)8-10-4-2-1-3-5-10/h1-5,12-13,22H,6-9H2,(H2,19,24)(H3,20,21,25). The Hall–Kier alpha value is -2.42. The monoisotopic (exact) mass is 371 g/mol. The van der Waals surface area contributed by atoms with Crippen LogP contribution in [0.25, 0.3) is 0 Å². The molecule has 0 saturated carbocycles. The zero-order chi connectivity index (χ0) is 18.3. The van der Waals surface area contributed by atoms with Crippen molar-refractivity contribution in [3.8, 4) is 0 Å². The molecule has 8 heteroatoms. The number of nitrogens with one attached hydrogen (secondary N) is 2. The molecule has 2 aromatic rings. The Morgan fingerprint density at radius 3 is 2.73 bits per heavy atom. The third-order valence-corrected chi connectivity index (χ3v) is 6.31. The van der Waals surface area contributed by atoms with E-state index in [9.17, 15) is 9.59 Å². The molecule has 0 radical (unpaired) electrons. The molecule has 1 fully saturated rings. The Morgan fingerprint density at radius 1 is 1.27 bits per heavy atom. The summed E-state index contributed by atoms with van der Waals surface area (Å²) in [5.74, 6) is -0.245. The quantitative estimate of drug-likeness (QED) is 0.656. The van der Waals surface area contributed by atoms with Crippen LogP contribution in [0.4, 0.5) is 9.80 Å². The zero-order valence-electron chi connectivity index (χ0n) is 14.2. The average Bonchev–Trinajstić information content (AvgIpc) is 3.15. The van der Waals surface area contributed by atoms with Gasteiger partial charge in [0.15, 0.2) is 0 Å². The highest BCUT2D eigenvalue weighted by Gasteiger charge is 2.40. The number of hydrazine groups is 1. The molecule has 136 valence electrons. The number of nitrogens with two attached hydrogens (primary N) is 2. The predicted molar refractivity (Wildman–Crippen MR) is 101 cm³/mol. The van der Waals surface area contributed by atoms with Gasteiger partial charge in [-0.3, -0.25) is 15.5 Å². The molecule has 1 saturated heterocycles. The minimum atomic E-state index is -0.683. The van der Waals surface area contributed by atoms with E-state index in [2.05, 4.69) is 27.9 Å². The van der Waals surface area contributed by atoms with E-state index in [4.69, 9.17) is 11.5 Å². The fraction of sp³-hybridized carbons (Fsp3) is 0.333. The molecule has 2 aliphatic rings. The van der Waals surface area contributed by atoms with Crippen LogP contribution >= 0.6 is 11.3 Å². The fourth-order valence-corrected chi connectivity index (χ4v) is 5.39. The van der Waals surface area contributed by atoms with Crippen LogP contribution in [0, 0.1) is 0 Å². The van der Waals surface area contributed by atoms with Gasteiger partial charge < -0.3 is 11.5 Å². The first-order chi connectivity index (χ1) is 12.5. The van der Waals surface area contributed by atoms with Crippen molar-refractivity contribution in [1.82, 2.24) is 10.4 Å². The number of anilines is 1. The number of benzene rings is 1. The summed E-state index contributed by atoms with van der Waals surface area (Å²) in [5.41, 5.74) is 17.1. The fourth-order valence-electron chi connectivity index (χ4n) is 3.98. The van der Waals surface area contributed by atoms with Gasteiger partial charge in [-0.25, -0.2) is 9.80 Å². The maximum Gasteiger partial charge on any atom is 0.317 e. The van der Waals surface area contributed by atoms with Crippen molar-refractivity contribution in [2.75, 3.05) is 11.9 Å². The molecular formula is C18H21N5O2S. The SMILES string of the molecule is NC(=O)Nc1sc2c(c1C(N)=O)CCC1NN(Cc3ccccc3)CC21. The number of thiophene rings is 1. The number of rotatable bonds is 4. The molecule has 1 aliphatic carbocycles. The summed E-state index contributed by atoms with van der Waals surface area (Å²) in [4.78, 5) is 24.4. The Balaban J connectivity index is 1.60. The van der Waals surface area contributed by atoms with Gasteiger partial charge >= 0.3 is 6.03 Å². The minimum absolute atomic E-state index is 0.272. The van der Waals surface area contributed by atoms with Crippen LogP contribution in [0.2, 0.25) is 0 Å². The molecule has 0 bridgehead atoms. The largest absolute Gasteiger partial charge is 0.365 e. The van der Waals surface area contributed by atoms with Gasteiger partial charge in [0.1, 0.15) is 5.00 Å². The molecule has 2 atom stereocenters. The first-order valence-corrected chi connectivity index (χ1v) is 9.41. The van der Waals surface area contributed by atoms with Gasteiger partial charge in [-0.15, -0.1) is 11.3 Å². The molecule has 3 amide bonds. The lowest BCUT2D eigenvalue weighted by molar-refractivity contribution is 0.100. The summed E-state index contributed by atoms with van der Waals surface area (Å²) < 4.78 is 0. The van der Waals surface area contributed by atoms with Gasteiger partial charge in [0, 0.05) is 29.9 Å². The van der Waals surface area contributed by atoms with Crippen LogP contribution in [0.1, 0.15) is 38.7 Å². The second kappa shape index (κ2) is 6.71. The van der Waals surface area contributed by atoms with Crippen molar-refractivity contribution in [2.45, 2.75) is 31.3 Å². The van der Waals surface area contributed by atoms with E-state index in [1.807, 2.05) is 18.2 Å². The number of primary amides is 2. The summed E-state index contributed by atoms with van der Waals surface area (Å²) in [6.45, 7) is 1.67. The number of amides is 3. The van der Waals surface area contributed by atoms with Crippen molar-refractivity contribution in [2.24, 2.45) is 11.5 Å². The van der Waals surface area contributed by atoms with Gasteiger partial charge in [0.05, 0.1) is 5.56 Å². The molecule has 1 aromatic heterocycles. The van der Waals surface area contributed by atoms with E-state index in [1.165, 1.54) is 16.9 Å². The van der Waals surface area contributed by atoms with Crippen LogP contribution in [0.5, 0.6) is 0 Å². The first kappa shape index (κ1) is 17.0. The van der Waals surface area contributed by atoms with E-state index in [-0.39, 0.29) is 5.92 Å². The number of fused-ring (bicyclic) bond motifs is 3. The third kappa shape index (κ3) is 3.07. The van der Waals surface area contributed by atoms with Crippen molar-refractivity contribution in [1.29, 1.82) is 0 Å². The average molecular weight is 371 g/mol. The molecule has 26 heavy (non-hydrogen) atoms. The second-order valence-corrected chi connectivity index (χ2v) is 7.80. The van der Waals surface area contributed by atoms with E-state index in [0.717, 1.165) is 36.4 Å². The predicted octanol–water partition coefficient (Wildman–Crippen LogP) is 1.76. The first-order valence-electron chi connectivity index (χ1n) is 8.59. The summed E-state index contributed by atoms with van der Waals surface area (Å²) in [6.07, 6.45) is 1.69. The van der Waals surface area contributed by atoms with Crippen LogP contribution in [0.3, 0.4) is 0 Å². The van der Waals surface area contributed by atoms with E-state index < -0.39 is 11.9 Å². The number of nitrogens with zero attached hydrogens (tertiary/aromatic N) is 1. The lowest BCUT2D eigenvalue weighted by atomic mass is 9.84. The maximum absolute atomic E-state index is 11.9. The zero-order valence-corrected chi connectivity index (χ0v) is 15.0. The van der Waals surface area contributed by atoms with Crippen LogP contribution in [-0.2, 0) is 13.0 Å². The normalized spacial score (nSPS) is 21.8. The highest BCUT2D eigenvalue weighted by molar-refractivity contribution is 7.17. The van der Waals surface area contributed by atoms with Crippen LogP contribution in [0.15, 0.2) is 30.3 Å². The van der Waals surface area contributed by atoms with Gasteiger partial charge in [0.2, 0.25) is 0 Å². The molecule has 6 N–H and O–H groups in total. The van der Waals surface area contributed by atoms with Crippen LogP contribution < -0.4 is 22.2 Å². The molecule has 0 spiro atoms. The number of carbonyl (C=O) groups is 2. The molecule has 2 heterocycles. The van der Waals surface area contributed by atoms with Gasteiger partial charge in [-0.2, -0.15) is 0 Å². The van der Waals surface area contributed by atoms with Crippen molar-refractivity contribution in [3.05, 3.63) is 51.9 Å². The Labute approximate surface area is 155 Å². The summed E-state index contributed by atoms with van der Waals surface area (Å²) in [5, 5.41) is 5.26. The molecule has 7 nitrogen and oxygen atoms in total. The number of carbonyl (C=O) groups excluding carboxylic acids is 2. The Bertz CT molecular complexity index is 851. The molecule has 1 aromatic carbocycles. The van der Waals surface area contributed by atoms with Gasteiger partial charge in [-0.1, -0.05) is 30.3 Å². The Morgan fingerprint density at radius 2 is 2.04 bits per heavy atom. The topological polar surface area (TPSA) is 113 Å². The summed E-state index contributed by atoms with van der Waals surface area (Å²) in [6, 6.07) is 9.95. The lowest BCUT2D eigenvalue weighted by Gasteiger charge is -2.24. The van der Waals surface area contributed by atoms with E-state index in [1.54, 1.807) is 0 Å². The maximum atomic E-state index is 11.9. The highest BCUT2D eigenvalue weighted by atomic mass is 32.1.